The molecule has 0 saturated carbocycles. The Labute approximate surface area is 260 Å². The predicted molar refractivity (Wildman–Crippen MR) is 188 cm³/mol. The molecule has 2 aliphatic rings. The summed E-state index contributed by atoms with van der Waals surface area (Å²) in [5, 5.41) is 5.09. The first kappa shape index (κ1) is 24.9. The molecule has 3 heterocycles. The molecule has 0 amide bonds. The molecule has 0 atom stereocenters. The first-order valence-electron chi connectivity index (χ1n) is 16.0. The second kappa shape index (κ2) is 9.48. The lowest BCUT2D eigenvalue weighted by Gasteiger charge is -2.14. The molecule has 0 saturated heterocycles. The van der Waals surface area contributed by atoms with Crippen molar-refractivity contribution in [3.63, 3.8) is 0 Å². The normalized spacial score (nSPS) is 14.1. The number of rotatable bonds is 3. The van der Waals surface area contributed by atoms with E-state index in [1.165, 1.54) is 77.3 Å². The van der Waals surface area contributed by atoms with Crippen molar-refractivity contribution in [1.82, 2.24) is 9.55 Å². The zero-order valence-corrected chi connectivity index (χ0v) is 24.8. The Hall–Kier alpha value is -5.54. The van der Waals surface area contributed by atoms with E-state index < -0.39 is 0 Å². The predicted octanol–water partition coefficient (Wildman–Crippen LogP) is 11.3. The van der Waals surface area contributed by atoms with Gasteiger partial charge in [0.1, 0.15) is 11.3 Å². The molecule has 3 aromatic heterocycles. The molecule has 8 aromatic rings. The van der Waals surface area contributed by atoms with E-state index in [0.717, 1.165) is 42.6 Å². The van der Waals surface area contributed by atoms with Gasteiger partial charge in [-0.1, -0.05) is 78.9 Å². The fourth-order valence-corrected chi connectivity index (χ4v) is 7.74. The van der Waals surface area contributed by atoms with Crippen LogP contribution in [0.1, 0.15) is 35.4 Å². The SMILES string of the molecule is C1=Cc2oc3c(-c4ccc(-n5c6c(c7cc(-c8ccc9[nH]c%10ccccc%10c9c8)ccc75)C=CCC6)cc4)cccc3c2CC1. The summed E-state index contributed by atoms with van der Waals surface area (Å²) in [4.78, 5) is 3.56. The zero-order valence-electron chi connectivity index (χ0n) is 24.8. The largest absolute Gasteiger partial charge is 0.456 e. The third-order valence-corrected chi connectivity index (χ3v) is 9.90. The summed E-state index contributed by atoms with van der Waals surface area (Å²) < 4.78 is 8.87. The Balaban J connectivity index is 1.08. The lowest BCUT2D eigenvalue weighted by atomic mass is 9.98. The number of allylic oxidation sites excluding steroid dienone is 2. The van der Waals surface area contributed by atoms with Crippen molar-refractivity contribution in [2.45, 2.75) is 25.7 Å². The number of hydrogen-bond acceptors (Lipinski definition) is 1. The topological polar surface area (TPSA) is 33.9 Å². The van der Waals surface area contributed by atoms with Crippen LogP contribution in [0.25, 0.3) is 83.8 Å². The molecule has 3 nitrogen and oxygen atoms in total. The molecular formula is C42H30N2O. The number of hydrogen-bond donors (Lipinski definition) is 1. The second-order valence-electron chi connectivity index (χ2n) is 12.4. The van der Waals surface area contributed by atoms with E-state index in [-0.39, 0.29) is 0 Å². The van der Waals surface area contributed by atoms with Gasteiger partial charge in [0.25, 0.3) is 0 Å². The average Bonchev–Trinajstić information content (AvgIpc) is 3.77. The molecule has 0 aliphatic heterocycles. The Morgan fingerprint density at radius 2 is 1.36 bits per heavy atom. The van der Waals surface area contributed by atoms with E-state index in [1.54, 1.807) is 0 Å². The number of aromatic amines is 1. The highest BCUT2D eigenvalue weighted by atomic mass is 16.3. The number of aryl methyl sites for hydroxylation is 1. The van der Waals surface area contributed by atoms with E-state index in [0.29, 0.717) is 0 Å². The summed E-state index contributed by atoms with van der Waals surface area (Å²) in [5.74, 6) is 1.01. The van der Waals surface area contributed by atoms with Gasteiger partial charge in [0.2, 0.25) is 0 Å². The molecule has 2 aliphatic carbocycles. The van der Waals surface area contributed by atoms with Crippen LogP contribution in [0.5, 0.6) is 0 Å². The van der Waals surface area contributed by atoms with Gasteiger partial charge in [0.15, 0.2) is 0 Å². The van der Waals surface area contributed by atoms with Crippen LogP contribution in [0.2, 0.25) is 0 Å². The number of furan rings is 1. The lowest BCUT2D eigenvalue weighted by Crippen LogP contribution is -2.02. The maximum atomic E-state index is 6.40. The van der Waals surface area contributed by atoms with Crippen molar-refractivity contribution in [1.29, 1.82) is 0 Å². The lowest BCUT2D eigenvalue weighted by molar-refractivity contribution is 0.596. The van der Waals surface area contributed by atoms with Gasteiger partial charge in [-0.05, 0) is 90.9 Å². The minimum atomic E-state index is 0.995. The first-order chi connectivity index (χ1) is 22.3. The first-order valence-corrected chi connectivity index (χ1v) is 16.0. The quantitative estimate of drug-likeness (QED) is 0.222. The number of nitrogens with zero attached hydrogens (tertiary/aromatic N) is 1. The van der Waals surface area contributed by atoms with E-state index >= 15 is 0 Å². The van der Waals surface area contributed by atoms with Gasteiger partial charge < -0.3 is 14.0 Å². The number of H-pyrrole nitrogens is 1. The number of nitrogens with one attached hydrogen (secondary N) is 1. The Kier molecular flexibility index (Phi) is 5.23. The van der Waals surface area contributed by atoms with Crippen LogP contribution < -0.4 is 0 Å². The minimum Gasteiger partial charge on any atom is -0.456 e. The van der Waals surface area contributed by atoms with E-state index in [2.05, 4.69) is 137 Å². The highest BCUT2D eigenvalue weighted by Gasteiger charge is 2.21. The maximum Gasteiger partial charge on any atom is 0.142 e. The highest BCUT2D eigenvalue weighted by molar-refractivity contribution is 6.09. The summed E-state index contributed by atoms with van der Waals surface area (Å²) in [6.07, 6.45) is 13.2. The van der Waals surface area contributed by atoms with Crippen molar-refractivity contribution < 1.29 is 4.42 Å². The van der Waals surface area contributed by atoms with E-state index in [9.17, 15) is 0 Å². The van der Waals surface area contributed by atoms with Gasteiger partial charge in [0, 0.05) is 60.6 Å². The summed E-state index contributed by atoms with van der Waals surface area (Å²) in [6.45, 7) is 0. The van der Waals surface area contributed by atoms with Crippen LogP contribution in [-0.4, -0.2) is 9.55 Å². The average molecular weight is 579 g/mol. The smallest absolute Gasteiger partial charge is 0.142 e. The molecule has 10 rings (SSSR count). The summed E-state index contributed by atoms with van der Waals surface area (Å²) in [6, 6.07) is 37.9. The van der Waals surface area contributed by atoms with Crippen LogP contribution >= 0.6 is 0 Å². The molecule has 3 heteroatoms. The molecule has 0 radical (unpaired) electrons. The number of para-hydroxylation sites is 2. The van der Waals surface area contributed by atoms with Gasteiger partial charge in [-0.3, -0.25) is 0 Å². The molecular weight excluding hydrogens is 548 g/mol. The molecule has 0 bridgehead atoms. The highest BCUT2D eigenvalue weighted by Crippen LogP contribution is 2.40. The van der Waals surface area contributed by atoms with Crippen LogP contribution in [0.4, 0.5) is 0 Å². The molecule has 1 N–H and O–H groups in total. The van der Waals surface area contributed by atoms with Gasteiger partial charge in [-0.15, -0.1) is 0 Å². The third kappa shape index (κ3) is 3.71. The summed E-state index contributed by atoms with van der Waals surface area (Å²) in [5.41, 5.74) is 14.7. The van der Waals surface area contributed by atoms with Gasteiger partial charge in [-0.25, -0.2) is 0 Å². The summed E-state index contributed by atoms with van der Waals surface area (Å²) >= 11 is 0. The molecule has 0 unspecified atom stereocenters. The fraction of sp³-hybridized carbons (Fsp3) is 0.0952. The van der Waals surface area contributed by atoms with Crippen molar-refractivity contribution in [2.24, 2.45) is 0 Å². The second-order valence-corrected chi connectivity index (χ2v) is 12.4. The monoisotopic (exact) mass is 578 g/mol. The van der Waals surface area contributed by atoms with Crippen LogP contribution in [0.3, 0.4) is 0 Å². The molecule has 5 aromatic carbocycles. The molecule has 214 valence electrons. The Morgan fingerprint density at radius 1 is 0.600 bits per heavy atom. The molecule has 45 heavy (non-hydrogen) atoms. The van der Waals surface area contributed by atoms with E-state index in [1.807, 2.05) is 0 Å². The van der Waals surface area contributed by atoms with Gasteiger partial charge >= 0.3 is 0 Å². The van der Waals surface area contributed by atoms with Crippen molar-refractivity contribution in [2.75, 3.05) is 0 Å². The number of fused-ring (bicyclic) bond motifs is 9. The van der Waals surface area contributed by atoms with Crippen molar-refractivity contribution in [3.8, 4) is 27.9 Å². The van der Waals surface area contributed by atoms with Gasteiger partial charge in [-0.2, -0.15) is 0 Å². The third-order valence-electron chi connectivity index (χ3n) is 9.90. The van der Waals surface area contributed by atoms with Crippen LogP contribution in [0.15, 0.2) is 120 Å². The fourth-order valence-electron chi connectivity index (χ4n) is 7.74. The standard InChI is InChI=1S/C42H30N2O/c1-4-13-37-31(8-1)35-24-27(18-22-38(35)43-37)28-19-23-40-36(25-28)32-9-2-5-14-39(32)44(40)29-20-16-26(17-21-29)30-11-7-12-34-33-10-3-6-15-41(33)45-42(30)34/h1-2,4,6-9,11-13,15-25,43H,3,5,10,14H2. The van der Waals surface area contributed by atoms with Crippen LogP contribution in [-0.2, 0) is 12.8 Å². The Morgan fingerprint density at radius 3 is 2.29 bits per heavy atom. The number of aromatic nitrogens is 2. The Bertz CT molecular complexity index is 2530. The summed E-state index contributed by atoms with van der Waals surface area (Å²) in [7, 11) is 0. The van der Waals surface area contributed by atoms with Gasteiger partial charge in [0.05, 0.1) is 5.52 Å². The minimum absolute atomic E-state index is 0.995. The maximum absolute atomic E-state index is 6.40. The molecule has 0 fully saturated rings. The van der Waals surface area contributed by atoms with Crippen molar-refractivity contribution in [3.05, 3.63) is 138 Å². The number of benzene rings is 5. The molecule has 0 spiro atoms. The zero-order chi connectivity index (χ0) is 29.5. The van der Waals surface area contributed by atoms with Crippen LogP contribution in [0, 0.1) is 0 Å². The van der Waals surface area contributed by atoms with E-state index in [4.69, 9.17) is 4.42 Å². The van der Waals surface area contributed by atoms with Crippen molar-refractivity contribution >= 4 is 55.8 Å².